The second kappa shape index (κ2) is 3.87. The highest BCUT2D eigenvalue weighted by Gasteiger charge is 2.16. The molecular weight excluding hydrogens is 186 g/mol. The fourth-order valence-electron chi connectivity index (χ4n) is 1.00. The third kappa shape index (κ3) is 2.06. The molecule has 0 aromatic carbocycles. The summed E-state index contributed by atoms with van der Waals surface area (Å²) in [6, 6.07) is 0. The Morgan fingerprint density at radius 3 is 2.69 bits per heavy atom. The van der Waals surface area contributed by atoms with Crippen molar-refractivity contribution >= 4 is 17.3 Å². The number of nitrogens with zero attached hydrogens (tertiary/aromatic N) is 1. The van der Waals surface area contributed by atoms with Crippen LogP contribution in [0.15, 0.2) is 0 Å². The molecule has 0 saturated heterocycles. The Labute approximate surface area is 81.4 Å². The monoisotopic (exact) mass is 199 g/mol. The minimum Gasteiger partial charge on any atom is -0.477 e. The molecule has 1 aromatic heterocycles. The molecule has 0 radical (unpaired) electrons. The van der Waals surface area contributed by atoms with Crippen LogP contribution in [0, 0.1) is 6.92 Å². The molecule has 0 amide bonds. The van der Waals surface area contributed by atoms with Crippen LogP contribution < -0.4 is 0 Å². The van der Waals surface area contributed by atoms with Gasteiger partial charge in [0, 0.05) is 5.92 Å². The lowest BCUT2D eigenvalue weighted by Crippen LogP contribution is -1.94. The molecule has 0 aliphatic carbocycles. The Morgan fingerprint density at radius 1 is 1.69 bits per heavy atom. The zero-order valence-corrected chi connectivity index (χ0v) is 8.81. The molecule has 1 atom stereocenters. The van der Waals surface area contributed by atoms with Gasteiger partial charge in [-0.2, -0.15) is 0 Å². The number of aromatic carboxylic acids is 1. The molecule has 1 unspecified atom stereocenters. The summed E-state index contributed by atoms with van der Waals surface area (Å²) in [6.45, 7) is 5.87. The fourth-order valence-corrected chi connectivity index (χ4v) is 2.04. The lowest BCUT2D eigenvalue weighted by Gasteiger charge is -2.01. The molecule has 1 heterocycles. The number of carboxylic acids is 1. The molecule has 3 nitrogen and oxygen atoms in total. The Bertz CT molecular complexity index is 319. The van der Waals surface area contributed by atoms with Gasteiger partial charge < -0.3 is 5.11 Å². The maximum atomic E-state index is 10.7. The van der Waals surface area contributed by atoms with E-state index in [0.29, 0.717) is 16.5 Å². The summed E-state index contributed by atoms with van der Waals surface area (Å²) in [5.74, 6) is -0.513. The first kappa shape index (κ1) is 10.2. The van der Waals surface area contributed by atoms with Gasteiger partial charge in [0.25, 0.3) is 0 Å². The van der Waals surface area contributed by atoms with Crippen LogP contribution >= 0.6 is 11.3 Å². The molecular formula is C9H13NO2S. The molecule has 72 valence electrons. The van der Waals surface area contributed by atoms with Gasteiger partial charge in [0.05, 0.1) is 10.7 Å². The van der Waals surface area contributed by atoms with Gasteiger partial charge in [-0.3, -0.25) is 0 Å². The van der Waals surface area contributed by atoms with Crippen LogP contribution in [0.3, 0.4) is 0 Å². The maximum Gasteiger partial charge on any atom is 0.347 e. The van der Waals surface area contributed by atoms with E-state index in [-0.39, 0.29) is 0 Å². The van der Waals surface area contributed by atoms with E-state index < -0.39 is 5.97 Å². The first-order valence-corrected chi connectivity index (χ1v) is 5.08. The standard InChI is InChI=1S/C9H13NO2S/c1-4-5(2)8-10-6(3)7(13-8)9(11)12/h5H,4H2,1-3H3,(H,11,12). The molecule has 1 N–H and O–H groups in total. The van der Waals surface area contributed by atoms with E-state index in [2.05, 4.69) is 18.8 Å². The van der Waals surface area contributed by atoms with E-state index in [1.54, 1.807) is 6.92 Å². The highest BCUT2D eigenvalue weighted by molar-refractivity contribution is 7.13. The third-order valence-corrected chi connectivity index (χ3v) is 3.42. The summed E-state index contributed by atoms with van der Waals surface area (Å²) in [5, 5.41) is 9.73. The number of thiazole rings is 1. The smallest absolute Gasteiger partial charge is 0.347 e. The van der Waals surface area contributed by atoms with E-state index in [0.717, 1.165) is 11.4 Å². The Balaban J connectivity index is 3.01. The molecule has 0 aliphatic heterocycles. The largest absolute Gasteiger partial charge is 0.477 e. The molecule has 1 aromatic rings. The van der Waals surface area contributed by atoms with E-state index in [9.17, 15) is 4.79 Å². The maximum absolute atomic E-state index is 10.7. The predicted octanol–water partition coefficient (Wildman–Crippen LogP) is 2.66. The first-order valence-electron chi connectivity index (χ1n) is 4.26. The average Bonchev–Trinajstić information content (AvgIpc) is 2.46. The minimum absolute atomic E-state index is 0.358. The SMILES string of the molecule is CCC(C)c1nc(C)c(C(=O)O)s1. The van der Waals surface area contributed by atoms with Gasteiger partial charge in [-0.1, -0.05) is 13.8 Å². The minimum atomic E-state index is -0.871. The van der Waals surface area contributed by atoms with E-state index in [1.807, 2.05) is 0 Å². The van der Waals surface area contributed by atoms with Crippen LogP contribution in [-0.4, -0.2) is 16.1 Å². The summed E-state index contributed by atoms with van der Waals surface area (Å²) in [6.07, 6.45) is 0.992. The number of carbonyl (C=O) groups is 1. The molecule has 0 fully saturated rings. The number of aromatic nitrogens is 1. The van der Waals surface area contributed by atoms with Gasteiger partial charge in [0.15, 0.2) is 0 Å². The molecule has 0 spiro atoms. The van der Waals surface area contributed by atoms with Crippen LogP contribution in [0.2, 0.25) is 0 Å². The first-order chi connectivity index (χ1) is 6.06. The Morgan fingerprint density at radius 2 is 2.31 bits per heavy atom. The number of hydrogen-bond acceptors (Lipinski definition) is 3. The molecule has 4 heteroatoms. The van der Waals surface area contributed by atoms with E-state index >= 15 is 0 Å². The second-order valence-corrected chi connectivity index (χ2v) is 4.11. The van der Waals surface area contributed by atoms with Crippen molar-refractivity contribution in [3.8, 4) is 0 Å². The van der Waals surface area contributed by atoms with Crippen LogP contribution in [0.4, 0.5) is 0 Å². The fraction of sp³-hybridized carbons (Fsp3) is 0.556. The summed E-state index contributed by atoms with van der Waals surface area (Å²) in [4.78, 5) is 15.3. The molecule has 13 heavy (non-hydrogen) atoms. The van der Waals surface area contributed by atoms with Gasteiger partial charge in [-0.15, -0.1) is 11.3 Å². The second-order valence-electron chi connectivity index (χ2n) is 3.08. The normalized spacial score (nSPS) is 12.8. The average molecular weight is 199 g/mol. The van der Waals surface area contributed by atoms with Crippen LogP contribution in [0.5, 0.6) is 0 Å². The van der Waals surface area contributed by atoms with Crippen molar-refractivity contribution in [3.05, 3.63) is 15.6 Å². The van der Waals surface area contributed by atoms with Gasteiger partial charge >= 0.3 is 5.97 Å². The van der Waals surface area contributed by atoms with Crippen LogP contribution in [-0.2, 0) is 0 Å². The molecule has 0 bridgehead atoms. The molecule has 1 rings (SSSR count). The van der Waals surface area contributed by atoms with Crippen molar-refractivity contribution in [2.45, 2.75) is 33.1 Å². The van der Waals surface area contributed by atoms with E-state index in [1.165, 1.54) is 11.3 Å². The number of rotatable bonds is 3. The lowest BCUT2D eigenvalue weighted by atomic mass is 10.1. The summed E-state index contributed by atoms with van der Waals surface area (Å²) in [5.41, 5.74) is 0.632. The van der Waals surface area contributed by atoms with E-state index in [4.69, 9.17) is 5.11 Å². The van der Waals surface area contributed by atoms with Crippen molar-refractivity contribution in [3.63, 3.8) is 0 Å². The zero-order valence-electron chi connectivity index (χ0n) is 8.00. The Kier molecular flexibility index (Phi) is 3.03. The number of hydrogen-bond donors (Lipinski definition) is 1. The van der Waals surface area contributed by atoms with Crippen molar-refractivity contribution < 1.29 is 9.90 Å². The number of aryl methyl sites for hydroxylation is 1. The lowest BCUT2D eigenvalue weighted by molar-refractivity contribution is 0.0701. The summed E-state index contributed by atoms with van der Waals surface area (Å²) >= 11 is 1.29. The van der Waals surface area contributed by atoms with Gasteiger partial charge in [0.2, 0.25) is 0 Å². The summed E-state index contributed by atoms with van der Waals surface area (Å²) in [7, 11) is 0. The third-order valence-electron chi connectivity index (χ3n) is 2.04. The van der Waals surface area contributed by atoms with Crippen molar-refractivity contribution in [1.29, 1.82) is 0 Å². The molecule has 0 aliphatic rings. The van der Waals surface area contributed by atoms with Crippen LogP contribution in [0.25, 0.3) is 0 Å². The quantitative estimate of drug-likeness (QED) is 0.814. The summed E-state index contributed by atoms with van der Waals surface area (Å²) < 4.78 is 0. The van der Waals surface area contributed by atoms with Gasteiger partial charge in [0.1, 0.15) is 4.88 Å². The number of carboxylic acid groups (broad SMARTS) is 1. The van der Waals surface area contributed by atoms with Gasteiger partial charge in [-0.05, 0) is 13.3 Å². The van der Waals surface area contributed by atoms with Crippen molar-refractivity contribution in [2.24, 2.45) is 0 Å². The zero-order chi connectivity index (χ0) is 10.0. The Hall–Kier alpha value is -0.900. The highest BCUT2D eigenvalue weighted by atomic mass is 32.1. The van der Waals surface area contributed by atoms with Crippen molar-refractivity contribution in [2.75, 3.05) is 0 Å². The molecule has 0 saturated carbocycles. The highest BCUT2D eigenvalue weighted by Crippen LogP contribution is 2.26. The van der Waals surface area contributed by atoms with Gasteiger partial charge in [-0.25, -0.2) is 9.78 Å². The van der Waals surface area contributed by atoms with Crippen molar-refractivity contribution in [1.82, 2.24) is 4.98 Å². The topological polar surface area (TPSA) is 50.2 Å². The van der Waals surface area contributed by atoms with Crippen LogP contribution in [0.1, 0.15) is 46.6 Å². The predicted molar refractivity (Wildman–Crippen MR) is 52.5 cm³/mol.